The number of nitrogens with zero attached hydrogens (tertiary/aromatic N) is 2. The minimum Gasteiger partial charge on any atom is -0.303 e. The standard InChI is InChI=1S/C30H27N2Si/c1-18-20-9-6-7-10-21(20)22-11-8-12-26-28(22)27(18)30-29-23(15-16-31(30)2)24-17-19(33(3,4)5)13-14-25(24)32(26)29/h6-17H,1-5H3/q+1. The van der Waals surface area contributed by atoms with Crippen LogP contribution >= 0.6 is 0 Å². The largest absolute Gasteiger partial charge is 0.303 e. The van der Waals surface area contributed by atoms with Gasteiger partial charge in [0.15, 0.2) is 6.20 Å². The summed E-state index contributed by atoms with van der Waals surface area (Å²) in [5.41, 5.74) is 6.64. The number of hydrogen-bond donors (Lipinski definition) is 0. The molecule has 2 nitrogen and oxygen atoms in total. The molecule has 0 aliphatic heterocycles. The molecule has 4 aromatic carbocycles. The van der Waals surface area contributed by atoms with Crippen molar-refractivity contribution in [3.8, 4) is 0 Å². The second-order valence-corrected chi connectivity index (χ2v) is 15.7. The lowest BCUT2D eigenvalue weighted by atomic mass is 9.92. The fourth-order valence-electron chi connectivity index (χ4n) is 6.03. The van der Waals surface area contributed by atoms with Gasteiger partial charge in [-0.2, -0.15) is 4.57 Å². The maximum Gasteiger partial charge on any atom is 0.238 e. The summed E-state index contributed by atoms with van der Waals surface area (Å²) in [6, 6.07) is 25.2. The molecule has 0 unspecified atom stereocenters. The molecule has 0 spiro atoms. The Bertz CT molecular complexity index is 1920. The molecule has 0 saturated carbocycles. The van der Waals surface area contributed by atoms with Gasteiger partial charge in [0.2, 0.25) is 5.52 Å². The second kappa shape index (κ2) is 6.12. The highest BCUT2D eigenvalue weighted by Crippen LogP contribution is 2.43. The van der Waals surface area contributed by atoms with E-state index < -0.39 is 8.07 Å². The van der Waals surface area contributed by atoms with E-state index in [1.807, 2.05) is 0 Å². The van der Waals surface area contributed by atoms with Crippen LogP contribution in [-0.2, 0) is 7.05 Å². The van der Waals surface area contributed by atoms with Gasteiger partial charge in [0.05, 0.1) is 24.5 Å². The molecule has 7 rings (SSSR count). The number of benzene rings is 4. The van der Waals surface area contributed by atoms with E-state index in [9.17, 15) is 0 Å². The summed E-state index contributed by atoms with van der Waals surface area (Å²) in [7, 11) is 0.777. The SMILES string of the molecule is Cc1c2ccccc2c2cccc3c2c1c1c2c(cc[n+]1C)c1cc([Si](C)(C)C)ccc1n32. The first-order chi connectivity index (χ1) is 15.9. The lowest BCUT2D eigenvalue weighted by molar-refractivity contribution is -0.644. The third kappa shape index (κ3) is 2.30. The maximum atomic E-state index is 2.53. The zero-order valence-corrected chi connectivity index (χ0v) is 20.8. The third-order valence-electron chi connectivity index (χ3n) is 7.68. The van der Waals surface area contributed by atoms with Crippen LogP contribution in [0, 0.1) is 6.92 Å². The molecule has 3 heterocycles. The van der Waals surface area contributed by atoms with E-state index in [2.05, 4.69) is 116 Å². The smallest absolute Gasteiger partial charge is 0.238 e. The van der Waals surface area contributed by atoms with E-state index in [1.54, 1.807) is 0 Å². The van der Waals surface area contributed by atoms with Gasteiger partial charge in [0, 0.05) is 22.2 Å². The van der Waals surface area contributed by atoms with Crippen molar-refractivity contribution in [2.24, 2.45) is 7.05 Å². The molecule has 0 atom stereocenters. The second-order valence-electron chi connectivity index (χ2n) is 10.6. The van der Waals surface area contributed by atoms with Crippen LogP contribution < -0.4 is 9.75 Å². The molecule has 160 valence electrons. The van der Waals surface area contributed by atoms with Gasteiger partial charge >= 0.3 is 0 Å². The van der Waals surface area contributed by atoms with Crippen molar-refractivity contribution in [1.29, 1.82) is 0 Å². The summed E-state index contributed by atoms with van der Waals surface area (Å²) in [6.07, 6.45) is 2.25. The van der Waals surface area contributed by atoms with Crippen molar-refractivity contribution in [2.75, 3.05) is 0 Å². The molecular weight excluding hydrogens is 416 g/mol. The van der Waals surface area contributed by atoms with Gasteiger partial charge in [-0.15, -0.1) is 0 Å². The fraction of sp³-hybridized carbons (Fsp3) is 0.167. The highest BCUT2D eigenvalue weighted by atomic mass is 28.3. The van der Waals surface area contributed by atoms with Gasteiger partial charge in [-0.3, -0.25) is 0 Å². The van der Waals surface area contributed by atoms with Gasteiger partial charge < -0.3 is 4.40 Å². The van der Waals surface area contributed by atoms with E-state index in [1.165, 1.54) is 70.5 Å². The van der Waals surface area contributed by atoms with Gasteiger partial charge in [-0.1, -0.05) is 73.4 Å². The molecule has 0 fully saturated rings. The summed E-state index contributed by atoms with van der Waals surface area (Å²) < 4.78 is 4.85. The average molecular weight is 444 g/mol. The van der Waals surface area contributed by atoms with Crippen LogP contribution in [-0.4, -0.2) is 12.5 Å². The predicted octanol–water partition coefficient (Wildman–Crippen LogP) is 6.82. The predicted molar refractivity (Wildman–Crippen MR) is 145 cm³/mol. The Balaban J connectivity index is 1.88. The van der Waals surface area contributed by atoms with E-state index in [4.69, 9.17) is 0 Å². The first-order valence-electron chi connectivity index (χ1n) is 11.8. The van der Waals surface area contributed by atoms with Crippen LogP contribution in [0.15, 0.2) is 72.9 Å². The van der Waals surface area contributed by atoms with Gasteiger partial charge in [0.1, 0.15) is 12.6 Å². The number of aromatic nitrogens is 2. The number of aryl methyl sites for hydroxylation is 2. The Hall–Kier alpha value is -3.43. The first kappa shape index (κ1) is 19.1. The molecule has 0 amide bonds. The summed E-state index contributed by atoms with van der Waals surface area (Å²) in [6.45, 7) is 9.60. The quantitative estimate of drug-likeness (QED) is 0.114. The van der Waals surface area contributed by atoms with E-state index >= 15 is 0 Å². The summed E-state index contributed by atoms with van der Waals surface area (Å²) >= 11 is 0. The van der Waals surface area contributed by atoms with Crippen LogP contribution in [0.4, 0.5) is 0 Å². The van der Waals surface area contributed by atoms with Crippen molar-refractivity contribution in [3.63, 3.8) is 0 Å². The Morgan fingerprint density at radius 2 is 1.45 bits per heavy atom. The Kier molecular flexibility index (Phi) is 3.54. The lowest BCUT2D eigenvalue weighted by Gasteiger charge is -2.17. The van der Waals surface area contributed by atoms with Crippen molar-refractivity contribution in [3.05, 3.63) is 78.5 Å². The molecule has 0 aliphatic carbocycles. The van der Waals surface area contributed by atoms with Crippen LogP contribution in [0.5, 0.6) is 0 Å². The monoisotopic (exact) mass is 443 g/mol. The average Bonchev–Trinajstić information content (AvgIpc) is 3.14. The third-order valence-corrected chi connectivity index (χ3v) is 9.72. The molecule has 3 aromatic heterocycles. The topological polar surface area (TPSA) is 8.29 Å². The summed E-state index contributed by atoms with van der Waals surface area (Å²) in [5.74, 6) is 0. The number of pyridine rings is 2. The van der Waals surface area contributed by atoms with Gasteiger partial charge in [-0.05, 0) is 40.8 Å². The molecule has 33 heavy (non-hydrogen) atoms. The van der Waals surface area contributed by atoms with Crippen molar-refractivity contribution < 1.29 is 4.57 Å². The fourth-order valence-corrected chi connectivity index (χ4v) is 7.19. The van der Waals surface area contributed by atoms with Crippen molar-refractivity contribution >= 4 is 73.0 Å². The van der Waals surface area contributed by atoms with Gasteiger partial charge in [-0.25, -0.2) is 0 Å². The van der Waals surface area contributed by atoms with Crippen LogP contribution in [0.1, 0.15) is 5.56 Å². The molecule has 0 aliphatic rings. The molecule has 0 radical (unpaired) electrons. The number of rotatable bonds is 1. The molecular formula is C30H27N2Si+. The van der Waals surface area contributed by atoms with Crippen LogP contribution in [0.3, 0.4) is 0 Å². The minimum atomic E-state index is -1.42. The van der Waals surface area contributed by atoms with E-state index in [0.717, 1.165) is 0 Å². The lowest BCUT2D eigenvalue weighted by Crippen LogP contribution is -2.37. The van der Waals surface area contributed by atoms with E-state index in [0.29, 0.717) is 0 Å². The van der Waals surface area contributed by atoms with Crippen LogP contribution in [0.2, 0.25) is 19.6 Å². The minimum absolute atomic E-state index is 1.30. The van der Waals surface area contributed by atoms with Crippen molar-refractivity contribution in [2.45, 2.75) is 26.6 Å². The normalized spacial score (nSPS) is 13.0. The Morgan fingerprint density at radius 1 is 0.697 bits per heavy atom. The highest BCUT2D eigenvalue weighted by Gasteiger charge is 2.26. The zero-order chi connectivity index (χ0) is 22.6. The van der Waals surface area contributed by atoms with Gasteiger partial charge in [0.25, 0.3) is 0 Å². The zero-order valence-electron chi connectivity index (χ0n) is 19.8. The Morgan fingerprint density at radius 3 is 2.24 bits per heavy atom. The molecule has 0 N–H and O–H groups in total. The number of fused-ring (bicyclic) bond motifs is 7. The highest BCUT2D eigenvalue weighted by molar-refractivity contribution is 6.88. The van der Waals surface area contributed by atoms with E-state index in [-0.39, 0.29) is 0 Å². The molecule has 7 aromatic rings. The summed E-state index contributed by atoms with van der Waals surface area (Å²) in [5, 5.41) is 11.0. The van der Waals surface area contributed by atoms with Crippen molar-refractivity contribution in [1.82, 2.24) is 4.40 Å². The summed E-state index contributed by atoms with van der Waals surface area (Å²) in [4.78, 5) is 0. The number of hydrogen-bond acceptors (Lipinski definition) is 0. The maximum absolute atomic E-state index is 2.53. The van der Waals surface area contributed by atoms with Crippen LogP contribution in [0.25, 0.3) is 59.8 Å². The molecule has 0 bridgehead atoms. The molecule has 0 saturated heterocycles. The molecule has 3 heteroatoms. The first-order valence-corrected chi connectivity index (χ1v) is 15.3. The Labute approximate surface area is 194 Å².